The molecule has 1 aromatic rings. The van der Waals surface area contributed by atoms with Gasteiger partial charge in [-0.1, -0.05) is 11.6 Å². The van der Waals surface area contributed by atoms with Crippen molar-refractivity contribution in [3.63, 3.8) is 0 Å². The van der Waals surface area contributed by atoms with Gasteiger partial charge in [-0.3, -0.25) is 4.79 Å². The third-order valence-corrected chi connectivity index (χ3v) is 5.44. The quantitative estimate of drug-likeness (QED) is 0.713. The van der Waals surface area contributed by atoms with Crippen LogP contribution in [0.25, 0.3) is 0 Å². The molecule has 1 amide bonds. The van der Waals surface area contributed by atoms with Crippen LogP contribution in [-0.4, -0.2) is 48.7 Å². The maximum Gasteiger partial charge on any atom is 0.231 e. The number of benzene rings is 1. The van der Waals surface area contributed by atoms with Crippen LogP contribution in [-0.2, 0) is 11.3 Å². The summed E-state index contributed by atoms with van der Waals surface area (Å²) in [6, 6.07) is 4.10. The van der Waals surface area contributed by atoms with Gasteiger partial charge in [0, 0.05) is 42.4 Å². The summed E-state index contributed by atoms with van der Waals surface area (Å²) in [6.07, 6.45) is 4.71. The summed E-state index contributed by atoms with van der Waals surface area (Å²) in [6.45, 7) is 2.65. The van der Waals surface area contributed by atoms with Crippen molar-refractivity contribution in [2.45, 2.75) is 31.8 Å². The number of nitrogens with one attached hydrogen (secondary N) is 1. The van der Waals surface area contributed by atoms with E-state index < -0.39 is 0 Å². The zero-order valence-corrected chi connectivity index (χ0v) is 15.4. The van der Waals surface area contributed by atoms with Crippen LogP contribution in [0.5, 0.6) is 11.5 Å². The van der Waals surface area contributed by atoms with E-state index in [0.29, 0.717) is 35.7 Å². The van der Waals surface area contributed by atoms with Crippen molar-refractivity contribution in [2.24, 2.45) is 0 Å². The third kappa shape index (κ3) is 4.10. The van der Waals surface area contributed by atoms with Gasteiger partial charge < -0.3 is 19.7 Å². The largest absolute Gasteiger partial charge is 0.454 e. The van der Waals surface area contributed by atoms with E-state index >= 15 is 0 Å². The lowest BCUT2D eigenvalue weighted by Crippen LogP contribution is -2.36. The molecule has 132 valence electrons. The van der Waals surface area contributed by atoms with E-state index in [0.717, 1.165) is 43.0 Å². The number of likely N-dealkylation sites (tertiary alicyclic amines) is 1. The van der Waals surface area contributed by atoms with Gasteiger partial charge in [-0.15, -0.1) is 0 Å². The highest BCUT2D eigenvalue weighted by Gasteiger charge is 2.29. The van der Waals surface area contributed by atoms with Crippen molar-refractivity contribution >= 4 is 29.3 Å². The number of ether oxygens (including phenoxy) is 2. The van der Waals surface area contributed by atoms with Crippen LogP contribution in [0.2, 0.25) is 5.02 Å². The average Bonchev–Trinajstić information content (AvgIpc) is 3.16. The Morgan fingerprint density at radius 2 is 2.17 bits per heavy atom. The van der Waals surface area contributed by atoms with E-state index in [1.807, 2.05) is 11.0 Å². The lowest BCUT2D eigenvalue weighted by atomic mass is 10.1. The lowest BCUT2D eigenvalue weighted by Gasteiger charge is -2.24. The number of carbonyl (C=O) groups is 1. The number of nitrogens with zero attached hydrogens (tertiary/aromatic N) is 1. The van der Waals surface area contributed by atoms with Crippen LogP contribution in [0.3, 0.4) is 0 Å². The summed E-state index contributed by atoms with van der Waals surface area (Å²) in [7, 11) is 0. The highest BCUT2D eigenvalue weighted by atomic mass is 35.5. The molecule has 7 heteroatoms. The van der Waals surface area contributed by atoms with E-state index in [1.165, 1.54) is 0 Å². The van der Waals surface area contributed by atoms with Crippen molar-refractivity contribution in [3.8, 4) is 11.5 Å². The molecule has 0 radical (unpaired) electrons. The van der Waals surface area contributed by atoms with Gasteiger partial charge in [0.25, 0.3) is 0 Å². The van der Waals surface area contributed by atoms with Crippen LogP contribution in [0, 0.1) is 0 Å². The standard InChI is InChI=1S/C17H23ClN2O3S/c1-24-7-6-20-13(2-3-17(20)21)4-5-19-10-12-8-15-16(9-14(12)18)23-11-22-15/h8-9,13,19H,2-7,10-11H2,1H3/t13-/m1/s1. The van der Waals surface area contributed by atoms with E-state index in [4.69, 9.17) is 21.1 Å². The molecule has 2 aliphatic rings. The number of fused-ring (bicyclic) bond motifs is 1. The van der Waals surface area contributed by atoms with Crippen molar-refractivity contribution in [3.05, 3.63) is 22.7 Å². The first kappa shape index (κ1) is 17.7. The van der Waals surface area contributed by atoms with Gasteiger partial charge in [-0.25, -0.2) is 0 Å². The molecule has 0 bridgehead atoms. The molecule has 1 atom stereocenters. The van der Waals surface area contributed by atoms with E-state index in [1.54, 1.807) is 17.8 Å². The smallest absolute Gasteiger partial charge is 0.231 e. The first-order chi connectivity index (χ1) is 11.7. The van der Waals surface area contributed by atoms with Gasteiger partial charge in [-0.2, -0.15) is 11.8 Å². The normalized spacial score (nSPS) is 19.3. The van der Waals surface area contributed by atoms with Crippen LogP contribution in [0.4, 0.5) is 0 Å². The van der Waals surface area contributed by atoms with Gasteiger partial charge >= 0.3 is 0 Å². The molecule has 2 heterocycles. The number of amides is 1. The van der Waals surface area contributed by atoms with Crippen LogP contribution in [0.1, 0.15) is 24.8 Å². The number of carbonyl (C=O) groups excluding carboxylic acids is 1. The monoisotopic (exact) mass is 370 g/mol. The number of thioether (sulfide) groups is 1. The SMILES string of the molecule is CSCCN1C(=O)CC[C@@H]1CCNCc1cc2c(cc1Cl)OCO2. The predicted octanol–water partition coefficient (Wildman–Crippen LogP) is 2.90. The number of hydrogen-bond donors (Lipinski definition) is 1. The predicted molar refractivity (Wildman–Crippen MR) is 97.0 cm³/mol. The van der Waals surface area contributed by atoms with E-state index in [2.05, 4.69) is 11.6 Å². The number of halogens is 1. The van der Waals surface area contributed by atoms with Crippen molar-refractivity contribution in [1.82, 2.24) is 10.2 Å². The van der Waals surface area contributed by atoms with E-state index in [-0.39, 0.29) is 6.79 Å². The molecule has 0 saturated carbocycles. The Labute approximate surface area is 152 Å². The van der Waals surface area contributed by atoms with E-state index in [9.17, 15) is 4.79 Å². The molecule has 5 nitrogen and oxygen atoms in total. The minimum Gasteiger partial charge on any atom is -0.454 e. The van der Waals surface area contributed by atoms with Gasteiger partial charge in [0.15, 0.2) is 11.5 Å². The van der Waals surface area contributed by atoms with Gasteiger partial charge in [0.05, 0.1) is 0 Å². The molecular weight excluding hydrogens is 348 g/mol. The molecular formula is C17H23ClN2O3S. The Morgan fingerprint density at radius 3 is 2.96 bits per heavy atom. The van der Waals surface area contributed by atoms with Crippen molar-refractivity contribution < 1.29 is 14.3 Å². The van der Waals surface area contributed by atoms with Gasteiger partial charge in [-0.05, 0) is 37.3 Å². The first-order valence-corrected chi connectivity index (χ1v) is 10.0. The molecule has 0 aliphatic carbocycles. The van der Waals surface area contributed by atoms with Crippen molar-refractivity contribution in [2.75, 3.05) is 31.9 Å². The highest BCUT2D eigenvalue weighted by molar-refractivity contribution is 7.98. The Kier molecular flexibility index (Phi) is 6.14. The zero-order chi connectivity index (χ0) is 16.9. The fourth-order valence-electron chi connectivity index (χ4n) is 3.18. The minimum absolute atomic E-state index is 0.254. The molecule has 2 aliphatic heterocycles. The fourth-order valence-corrected chi connectivity index (χ4v) is 3.78. The second-order valence-electron chi connectivity index (χ2n) is 6.03. The summed E-state index contributed by atoms with van der Waals surface area (Å²) in [5.41, 5.74) is 1.00. The second kappa shape index (κ2) is 8.32. The minimum atomic E-state index is 0.254. The maximum absolute atomic E-state index is 12.0. The first-order valence-electron chi connectivity index (χ1n) is 8.26. The molecule has 0 spiro atoms. The molecule has 1 saturated heterocycles. The van der Waals surface area contributed by atoms with Gasteiger partial charge in [0.1, 0.15) is 0 Å². The molecule has 1 N–H and O–H groups in total. The summed E-state index contributed by atoms with van der Waals surface area (Å²) >= 11 is 8.07. The summed E-state index contributed by atoms with van der Waals surface area (Å²) < 4.78 is 10.7. The molecule has 0 unspecified atom stereocenters. The Morgan fingerprint density at radius 1 is 1.38 bits per heavy atom. The van der Waals surface area contributed by atoms with Crippen LogP contribution < -0.4 is 14.8 Å². The fraction of sp³-hybridized carbons (Fsp3) is 0.588. The highest BCUT2D eigenvalue weighted by Crippen LogP contribution is 2.36. The zero-order valence-electron chi connectivity index (χ0n) is 13.8. The van der Waals surface area contributed by atoms with Crippen LogP contribution in [0.15, 0.2) is 12.1 Å². The Balaban J connectivity index is 1.46. The number of rotatable bonds is 8. The van der Waals surface area contributed by atoms with Crippen LogP contribution >= 0.6 is 23.4 Å². The third-order valence-electron chi connectivity index (χ3n) is 4.50. The average molecular weight is 371 g/mol. The van der Waals surface area contributed by atoms with Gasteiger partial charge in [0.2, 0.25) is 12.7 Å². The van der Waals surface area contributed by atoms with Crippen molar-refractivity contribution in [1.29, 1.82) is 0 Å². The lowest BCUT2D eigenvalue weighted by molar-refractivity contribution is -0.128. The molecule has 1 fully saturated rings. The maximum atomic E-state index is 12.0. The second-order valence-corrected chi connectivity index (χ2v) is 7.43. The molecule has 0 aromatic heterocycles. The Hall–Kier alpha value is -1.11. The number of hydrogen-bond acceptors (Lipinski definition) is 5. The summed E-state index contributed by atoms with van der Waals surface area (Å²) in [5, 5.41) is 4.11. The molecule has 24 heavy (non-hydrogen) atoms. The molecule has 1 aromatic carbocycles. The Bertz CT molecular complexity index is 599. The topological polar surface area (TPSA) is 50.8 Å². The summed E-state index contributed by atoms with van der Waals surface area (Å²) in [5.74, 6) is 2.76. The summed E-state index contributed by atoms with van der Waals surface area (Å²) in [4.78, 5) is 14.0. The molecule has 3 rings (SSSR count).